The van der Waals surface area contributed by atoms with E-state index in [1.165, 1.54) is 0 Å². The van der Waals surface area contributed by atoms with Gasteiger partial charge in [0.25, 0.3) is 0 Å². The minimum Gasteiger partial charge on any atom is -0.496 e. The fraction of sp³-hybridized carbons (Fsp3) is 0.0833. The van der Waals surface area contributed by atoms with Gasteiger partial charge < -0.3 is 14.2 Å². The Labute approximate surface area is 182 Å². The molecule has 0 fully saturated rings. The van der Waals surface area contributed by atoms with Crippen molar-refractivity contribution in [3.63, 3.8) is 0 Å². The predicted octanol–water partition coefficient (Wildman–Crippen LogP) is 5.34. The lowest BCUT2D eigenvalue weighted by Gasteiger charge is -2.07. The van der Waals surface area contributed by atoms with Crippen LogP contribution in [-0.4, -0.2) is 25.3 Å². The van der Waals surface area contributed by atoms with Gasteiger partial charge in [0.2, 0.25) is 5.78 Å². The van der Waals surface area contributed by atoms with Gasteiger partial charge in [-0.2, -0.15) is 0 Å². The second-order valence-electron chi connectivity index (χ2n) is 6.56. The first-order valence-electron chi connectivity index (χ1n) is 9.18. The molecule has 6 heteroatoms. The summed E-state index contributed by atoms with van der Waals surface area (Å²) in [5, 5.41) is 0. The van der Waals surface area contributed by atoms with Crippen molar-refractivity contribution in [1.29, 1.82) is 0 Å². The molecule has 3 aromatic carbocycles. The third kappa shape index (κ3) is 4.14. The lowest BCUT2D eigenvalue weighted by atomic mass is 10.1. The molecule has 30 heavy (non-hydrogen) atoms. The Morgan fingerprint density at radius 2 is 1.87 bits per heavy atom. The normalized spacial score (nSPS) is 13.7. The molecule has 4 rings (SSSR count). The number of hydrogen-bond donors (Lipinski definition) is 0. The molecule has 1 heterocycles. The Balaban J connectivity index is 1.52. The molecule has 0 saturated heterocycles. The van der Waals surface area contributed by atoms with Gasteiger partial charge in [-0.1, -0.05) is 46.3 Å². The van der Waals surface area contributed by atoms with Gasteiger partial charge in [-0.15, -0.1) is 0 Å². The van der Waals surface area contributed by atoms with E-state index in [4.69, 9.17) is 14.2 Å². The fourth-order valence-electron chi connectivity index (χ4n) is 3.07. The topological polar surface area (TPSA) is 61.8 Å². The van der Waals surface area contributed by atoms with E-state index in [0.29, 0.717) is 33.9 Å². The lowest BCUT2D eigenvalue weighted by molar-refractivity contribution is 0.0921. The number of Topliss-reactive ketones (excluding diaryl/α,β-unsaturated/α-hetero) is 2. The molecular formula is C24H17BrO5. The van der Waals surface area contributed by atoms with Crippen molar-refractivity contribution in [2.24, 2.45) is 0 Å². The molecule has 0 saturated carbocycles. The first-order chi connectivity index (χ1) is 14.5. The zero-order valence-electron chi connectivity index (χ0n) is 16.1. The van der Waals surface area contributed by atoms with Crippen LogP contribution >= 0.6 is 15.9 Å². The summed E-state index contributed by atoms with van der Waals surface area (Å²) in [5.41, 5.74) is 1.74. The van der Waals surface area contributed by atoms with Gasteiger partial charge in [0.05, 0.1) is 12.7 Å². The van der Waals surface area contributed by atoms with E-state index in [1.807, 2.05) is 18.2 Å². The molecule has 3 aromatic rings. The number of fused-ring (bicyclic) bond motifs is 1. The summed E-state index contributed by atoms with van der Waals surface area (Å²) >= 11 is 3.42. The molecule has 0 atom stereocenters. The number of allylic oxidation sites excluding steroid dienone is 1. The van der Waals surface area contributed by atoms with Crippen molar-refractivity contribution in [3.05, 3.63) is 93.7 Å². The van der Waals surface area contributed by atoms with E-state index in [-0.39, 0.29) is 23.9 Å². The maximum atomic E-state index is 12.7. The van der Waals surface area contributed by atoms with Crippen LogP contribution in [0.2, 0.25) is 0 Å². The minimum atomic E-state index is -0.223. The van der Waals surface area contributed by atoms with Crippen LogP contribution in [0.25, 0.3) is 6.08 Å². The van der Waals surface area contributed by atoms with Crippen LogP contribution in [0.1, 0.15) is 26.3 Å². The van der Waals surface area contributed by atoms with E-state index in [2.05, 4.69) is 15.9 Å². The van der Waals surface area contributed by atoms with Crippen LogP contribution in [0.5, 0.6) is 17.2 Å². The van der Waals surface area contributed by atoms with Gasteiger partial charge >= 0.3 is 0 Å². The van der Waals surface area contributed by atoms with Crippen molar-refractivity contribution in [1.82, 2.24) is 0 Å². The second-order valence-corrected chi connectivity index (χ2v) is 7.48. The van der Waals surface area contributed by atoms with Crippen LogP contribution in [-0.2, 0) is 0 Å². The maximum absolute atomic E-state index is 12.7. The molecule has 0 aromatic heterocycles. The molecule has 0 bridgehead atoms. The van der Waals surface area contributed by atoms with Crippen LogP contribution in [0.4, 0.5) is 0 Å². The van der Waals surface area contributed by atoms with Crippen molar-refractivity contribution in [2.45, 2.75) is 0 Å². The third-order valence-electron chi connectivity index (χ3n) is 4.59. The van der Waals surface area contributed by atoms with E-state index < -0.39 is 0 Å². The highest BCUT2D eigenvalue weighted by molar-refractivity contribution is 9.10. The number of benzene rings is 3. The number of ether oxygens (including phenoxy) is 3. The molecule has 150 valence electrons. The largest absolute Gasteiger partial charge is 0.496 e. The number of ketones is 2. The molecule has 0 N–H and O–H groups in total. The van der Waals surface area contributed by atoms with Crippen molar-refractivity contribution in [3.8, 4) is 17.2 Å². The highest BCUT2D eigenvalue weighted by atomic mass is 79.9. The summed E-state index contributed by atoms with van der Waals surface area (Å²) in [7, 11) is 1.57. The van der Waals surface area contributed by atoms with Gasteiger partial charge in [0.15, 0.2) is 18.1 Å². The Kier molecular flexibility index (Phi) is 5.68. The molecule has 0 aliphatic carbocycles. The van der Waals surface area contributed by atoms with E-state index in [0.717, 1.165) is 4.47 Å². The number of carbonyl (C=O) groups excluding carboxylic acids is 2. The van der Waals surface area contributed by atoms with E-state index >= 15 is 0 Å². The lowest BCUT2D eigenvalue weighted by Crippen LogP contribution is -2.11. The molecule has 0 spiro atoms. The Morgan fingerprint density at radius 1 is 1.07 bits per heavy atom. The molecule has 0 radical (unpaired) electrons. The van der Waals surface area contributed by atoms with Crippen LogP contribution < -0.4 is 14.2 Å². The molecule has 1 aliphatic heterocycles. The summed E-state index contributed by atoms with van der Waals surface area (Å²) in [4.78, 5) is 24.9. The average molecular weight is 465 g/mol. The van der Waals surface area contributed by atoms with Gasteiger partial charge in [-0.3, -0.25) is 9.59 Å². The molecule has 1 aliphatic rings. The Bertz CT molecular complexity index is 1150. The summed E-state index contributed by atoms with van der Waals surface area (Å²) in [6, 6.07) is 19.3. The zero-order chi connectivity index (χ0) is 21.1. The van der Waals surface area contributed by atoms with Crippen LogP contribution in [0.15, 0.2) is 77.0 Å². The smallest absolute Gasteiger partial charge is 0.231 e. The predicted molar refractivity (Wildman–Crippen MR) is 116 cm³/mol. The van der Waals surface area contributed by atoms with E-state index in [1.54, 1.807) is 61.7 Å². The molecule has 0 amide bonds. The SMILES string of the molecule is COc1ccc(Br)cc1/C=C1\Oc2cc(OCC(=O)c3ccccc3)ccc2C1=O. The summed E-state index contributed by atoms with van der Waals surface area (Å²) in [6.07, 6.45) is 1.64. The van der Waals surface area contributed by atoms with Crippen molar-refractivity contribution >= 4 is 33.6 Å². The average Bonchev–Trinajstić information content (AvgIpc) is 3.07. The number of hydrogen-bond acceptors (Lipinski definition) is 5. The Morgan fingerprint density at radius 3 is 2.63 bits per heavy atom. The monoisotopic (exact) mass is 464 g/mol. The standard InChI is InChI=1S/C24H17BrO5/c1-28-21-10-7-17(25)11-16(21)12-23-24(27)19-9-8-18(13-22(19)30-23)29-14-20(26)15-5-3-2-4-6-15/h2-13H,14H2,1H3/b23-12-. The summed E-state index contributed by atoms with van der Waals surface area (Å²) in [5.74, 6) is 1.31. The third-order valence-corrected chi connectivity index (χ3v) is 5.08. The molecule has 5 nitrogen and oxygen atoms in total. The number of methoxy groups -OCH3 is 1. The molecule has 0 unspecified atom stereocenters. The van der Waals surface area contributed by atoms with Crippen molar-refractivity contribution in [2.75, 3.05) is 13.7 Å². The van der Waals surface area contributed by atoms with Crippen molar-refractivity contribution < 1.29 is 23.8 Å². The first-order valence-corrected chi connectivity index (χ1v) is 9.97. The number of rotatable bonds is 6. The van der Waals surface area contributed by atoms with Crippen LogP contribution in [0.3, 0.4) is 0 Å². The highest BCUT2D eigenvalue weighted by Gasteiger charge is 2.28. The highest BCUT2D eigenvalue weighted by Crippen LogP contribution is 2.36. The summed E-state index contributed by atoms with van der Waals surface area (Å²) < 4.78 is 17.6. The van der Waals surface area contributed by atoms with Gasteiger partial charge in [0.1, 0.15) is 17.2 Å². The quantitative estimate of drug-likeness (QED) is 0.364. The number of carbonyl (C=O) groups is 2. The maximum Gasteiger partial charge on any atom is 0.231 e. The van der Waals surface area contributed by atoms with E-state index in [9.17, 15) is 9.59 Å². The minimum absolute atomic E-state index is 0.102. The molecular weight excluding hydrogens is 448 g/mol. The van der Waals surface area contributed by atoms with Gasteiger partial charge in [0, 0.05) is 21.7 Å². The zero-order valence-corrected chi connectivity index (χ0v) is 17.6. The van der Waals surface area contributed by atoms with Gasteiger partial charge in [-0.05, 0) is 36.4 Å². The summed E-state index contributed by atoms with van der Waals surface area (Å²) in [6.45, 7) is -0.102. The second kappa shape index (κ2) is 8.55. The fourth-order valence-corrected chi connectivity index (χ4v) is 3.45. The van der Waals surface area contributed by atoms with Gasteiger partial charge in [-0.25, -0.2) is 0 Å². The first kappa shape index (κ1) is 19.9. The Hall–Kier alpha value is -3.38. The number of halogens is 1. The van der Waals surface area contributed by atoms with Crippen LogP contribution in [0, 0.1) is 0 Å².